The van der Waals surface area contributed by atoms with Gasteiger partial charge >= 0.3 is 0 Å². The zero-order chi connectivity index (χ0) is 15.9. The highest BCUT2D eigenvalue weighted by atomic mass is 16.2. The first-order valence-electron chi connectivity index (χ1n) is 6.84. The summed E-state index contributed by atoms with van der Waals surface area (Å²) in [4.78, 5) is 11.8. The van der Waals surface area contributed by atoms with Crippen LogP contribution in [0, 0.1) is 0 Å². The lowest BCUT2D eigenvalue weighted by molar-refractivity contribution is 0.0955. The number of nitrogens with zero attached hydrogens (tertiary/aromatic N) is 5. The molecule has 3 rings (SSSR count). The molecule has 3 aromatic rings. The van der Waals surface area contributed by atoms with Gasteiger partial charge in [0, 0.05) is 11.1 Å². The minimum Gasteiger partial charge on any atom is -0.267 e. The first-order chi connectivity index (χ1) is 11.3. The summed E-state index contributed by atoms with van der Waals surface area (Å²) in [5.41, 5.74) is 3.73. The topological polar surface area (TPSA) is 93.0 Å². The summed E-state index contributed by atoms with van der Waals surface area (Å²) >= 11 is 0. The molecule has 0 unspecified atom stereocenters. The maximum atomic E-state index is 11.8. The molecule has 7 nitrogen and oxygen atoms in total. The van der Waals surface area contributed by atoms with Gasteiger partial charge in [0.15, 0.2) is 0 Å². The van der Waals surface area contributed by atoms with Gasteiger partial charge in [0.1, 0.15) is 0 Å². The van der Waals surface area contributed by atoms with E-state index in [1.54, 1.807) is 24.3 Å². The van der Waals surface area contributed by atoms with Gasteiger partial charge in [-0.25, -0.2) is 5.43 Å². The van der Waals surface area contributed by atoms with E-state index in [0.29, 0.717) is 11.4 Å². The number of carbonyl (C=O) groups is 1. The molecule has 0 bridgehead atoms. The maximum absolute atomic E-state index is 11.8. The maximum Gasteiger partial charge on any atom is 0.271 e. The van der Waals surface area contributed by atoms with Crippen molar-refractivity contribution < 1.29 is 4.79 Å². The standard InChI is InChI=1S/C16H12N6O/c23-16(13-9-5-2-6-10-13)22-17-11-14-18-20-15(21-19-14)12-7-3-1-4-8-12/h1-11H,(H,22,23)/b17-11+. The SMILES string of the molecule is O=C(N/N=C/c1nnc(-c2ccccc2)nn1)c1ccccc1. The van der Waals surface area contributed by atoms with Gasteiger partial charge in [-0.1, -0.05) is 48.5 Å². The van der Waals surface area contributed by atoms with Crippen molar-refractivity contribution in [3.63, 3.8) is 0 Å². The molecular formula is C16H12N6O. The molecule has 0 aliphatic carbocycles. The number of hydrazone groups is 1. The average molecular weight is 304 g/mol. The molecule has 7 heteroatoms. The summed E-state index contributed by atoms with van der Waals surface area (Å²) in [5.74, 6) is 0.317. The van der Waals surface area contributed by atoms with Gasteiger partial charge in [-0.2, -0.15) is 5.10 Å². The lowest BCUT2D eigenvalue weighted by atomic mass is 10.2. The van der Waals surface area contributed by atoms with Crippen molar-refractivity contribution >= 4 is 12.1 Å². The monoisotopic (exact) mass is 304 g/mol. The molecular weight excluding hydrogens is 292 g/mol. The third kappa shape index (κ3) is 3.79. The van der Waals surface area contributed by atoms with Crippen molar-refractivity contribution in [1.82, 2.24) is 25.8 Å². The Morgan fingerprint density at radius 2 is 1.48 bits per heavy atom. The Labute approximate surface area is 132 Å². The summed E-state index contributed by atoms with van der Waals surface area (Å²) < 4.78 is 0. The second kappa shape index (κ2) is 6.99. The van der Waals surface area contributed by atoms with E-state index in [4.69, 9.17) is 0 Å². The summed E-state index contributed by atoms with van der Waals surface area (Å²) in [5, 5.41) is 19.5. The highest BCUT2D eigenvalue weighted by Gasteiger charge is 2.04. The van der Waals surface area contributed by atoms with E-state index >= 15 is 0 Å². The Morgan fingerprint density at radius 3 is 2.13 bits per heavy atom. The number of aromatic nitrogens is 4. The van der Waals surface area contributed by atoms with Crippen LogP contribution in [0.15, 0.2) is 65.8 Å². The molecule has 0 aliphatic heterocycles. The van der Waals surface area contributed by atoms with Crippen LogP contribution in [0.1, 0.15) is 16.2 Å². The molecule has 2 aromatic carbocycles. The van der Waals surface area contributed by atoms with Crippen molar-refractivity contribution in [3.05, 3.63) is 72.1 Å². The second-order valence-electron chi connectivity index (χ2n) is 4.51. The molecule has 0 fully saturated rings. The van der Waals surface area contributed by atoms with E-state index in [2.05, 4.69) is 30.9 Å². The Morgan fingerprint density at radius 1 is 0.870 bits per heavy atom. The Bertz CT molecular complexity index is 803. The van der Waals surface area contributed by atoms with E-state index in [1.807, 2.05) is 36.4 Å². The summed E-state index contributed by atoms with van der Waals surface area (Å²) in [7, 11) is 0. The first kappa shape index (κ1) is 14.5. The third-order valence-corrected chi connectivity index (χ3v) is 2.91. The van der Waals surface area contributed by atoms with Crippen LogP contribution in [0.4, 0.5) is 0 Å². The third-order valence-electron chi connectivity index (χ3n) is 2.91. The molecule has 0 atom stereocenters. The van der Waals surface area contributed by atoms with Crippen LogP contribution in [0.5, 0.6) is 0 Å². The van der Waals surface area contributed by atoms with Crippen LogP contribution in [0.2, 0.25) is 0 Å². The van der Waals surface area contributed by atoms with Crippen molar-refractivity contribution in [2.24, 2.45) is 5.10 Å². The minimum atomic E-state index is -0.316. The number of nitrogens with one attached hydrogen (secondary N) is 1. The molecule has 0 aliphatic rings. The average Bonchev–Trinajstić information content (AvgIpc) is 2.64. The number of hydrogen-bond donors (Lipinski definition) is 1. The smallest absolute Gasteiger partial charge is 0.267 e. The highest BCUT2D eigenvalue weighted by molar-refractivity contribution is 5.94. The van der Waals surface area contributed by atoms with E-state index in [1.165, 1.54) is 6.21 Å². The van der Waals surface area contributed by atoms with Crippen molar-refractivity contribution in [2.45, 2.75) is 0 Å². The van der Waals surface area contributed by atoms with Gasteiger partial charge in [-0.05, 0) is 12.1 Å². The van der Waals surface area contributed by atoms with Crippen molar-refractivity contribution in [1.29, 1.82) is 0 Å². The molecule has 1 amide bonds. The van der Waals surface area contributed by atoms with Crippen LogP contribution >= 0.6 is 0 Å². The summed E-state index contributed by atoms with van der Waals surface area (Å²) in [6.07, 6.45) is 1.29. The molecule has 23 heavy (non-hydrogen) atoms. The van der Waals surface area contributed by atoms with Crippen LogP contribution in [0.25, 0.3) is 11.4 Å². The van der Waals surface area contributed by atoms with E-state index in [0.717, 1.165) is 5.56 Å². The van der Waals surface area contributed by atoms with Crippen LogP contribution in [-0.2, 0) is 0 Å². The molecule has 1 heterocycles. The minimum absolute atomic E-state index is 0.207. The quantitative estimate of drug-likeness (QED) is 0.585. The molecule has 0 spiro atoms. The number of hydrogen-bond acceptors (Lipinski definition) is 6. The Hall–Kier alpha value is -3.48. The Balaban J connectivity index is 1.63. The molecule has 112 valence electrons. The molecule has 0 saturated heterocycles. The van der Waals surface area contributed by atoms with Crippen LogP contribution < -0.4 is 5.43 Å². The number of rotatable bonds is 4. The van der Waals surface area contributed by atoms with Gasteiger partial charge in [-0.15, -0.1) is 20.4 Å². The number of carbonyl (C=O) groups excluding carboxylic acids is 1. The van der Waals surface area contributed by atoms with Gasteiger partial charge in [0.2, 0.25) is 11.6 Å². The van der Waals surface area contributed by atoms with Gasteiger partial charge in [0.25, 0.3) is 5.91 Å². The van der Waals surface area contributed by atoms with E-state index < -0.39 is 0 Å². The fourth-order valence-corrected chi connectivity index (χ4v) is 1.79. The van der Waals surface area contributed by atoms with Crippen molar-refractivity contribution in [3.8, 4) is 11.4 Å². The first-order valence-corrected chi connectivity index (χ1v) is 6.84. The van der Waals surface area contributed by atoms with Gasteiger partial charge in [-0.3, -0.25) is 4.79 Å². The van der Waals surface area contributed by atoms with Gasteiger partial charge in [0.05, 0.1) is 6.21 Å². The predicted molar refractivity (Wildman–Crippen MR) is 84.6 cm³/mol. The zero-order valence-corrected chi connectivity index (χ0v) is 12.0. The molecule has 1 aromatic heterocycles. The fourth-order valence-electron chi connectivity index (χ4n) is 1.79. The summed E-state index contributed by atoms with van der Waals surface area (Å²) in [6.45, 7) is 0. The number of benzene rings is 2. The van der Waals surface area contributed by atoms with Crippen LogP contribution in [-0.4, -0.2) is 32.5 Å². The van der Waals surface area contributed by atoms with Crippen molar-refractivity contribution in [2.75, 3.05) is 0 Å². The van der Waals surface area contributed by atoms with E-state index in [9.17, 15) is 4.79 Å². The zero-order valence-electron chi connectivity index (χ0n) is 12.0. The normalized spacial score (nSPS) is 10.6. The fraction of sp³-hybridized carbons (Fsp3) is 0. The Kier molecular flexibility index (Phi) is 4.39. The lowest BCUT2D eigenvalue weighted by Crippen LogP contribution is -2.17. The van der Waals surface area contributed by atoms with E-state index in [-0.39, 0.29) is 11.7 Å². The predicted octanol–water partition coefficient (Wildman–Crippen LogP) is 1.70. The summed E-state index contributed by atoms with van der Waals surface area (Å²) in [6, 6.07) is 18.2. The largest absolute Gasteiger partial charge is 0.271 e. The molecule has 0 radical (unpaired) electrons. The lowest BCUT2D eigenvalue weighted by Gasteiger charge is -1.99. The second-order valence-corrected chi connectivity index (χ2v) is 4.51. The molecule has 0 saturated carbocycles. The van der Waals surface area contributed by atoms with Crippen LogP contribution in [0.3, 0.4) is 0 Å². The highest BCUT2D eigenvalue weighted by Crippen LogP contribution is 2.10. The number of amides is 1. The van der Waals surface area contributed by atoms with Gasteiger partial charge < -0.3 is 0 Å². The molecule has 1 N–H and O–H groups in total.